The monoisotopic (exact) mass is 337 g/mol. The van der Waals surface area contributed by atoms with Gasteiger partial charge in [-0.1, -0.05) is 13.3 Å². The Morgan fingerprint density at radius 3 is 2.62 bits per heavy atom. The molecule has 0 spiro atoms. The number of carbonyl (C=O) groups is 1. The maximum absolute atomic E-state index is 13.6. The molecule has 116 valence electrons. The molecule has 0 radical (unpaired) electrons. The number of halogens is 3. The van der Waals surface area contributed by atoms with E-state index in [0.717, 1.165) is 19.3 Å². The Hall–Kier alpha value is -1.21. The summed E-state index contributed by atoms with van der Waals surface area (Å²) in [6.07, 6.45) is 2.75. The highest BCUT2D eigenvalue weighted by Crippen LogP contribution is 2.35. The fourth-order valence-corrected chi connectivity index (χ4v) is 3.16. The van der Waals surface area contributed by atoms with Crippen LogP contribution in [0.5, 0.6) is 0 Å². The smallest absolute Gasteiger partial charge is 0.264 e. The Morgan fingerprint density at radius 2 is 2.05 bits per heavy atom. The summed E-state index contributed by atoms with van der Waals surface area (Å²) in [6.45, 7) is 2.02. The summed E-state index contributed by atoms with van der Waals surface area (Å²) in [5, 5.41) is 2.60. The first-order chi connectivity index (χ1) is 9.74. The van der Waals surface area contributed by atoms with E-state index in [0.29, 0.717) is 18.1 Å². The van der Waals surface area contributed by atoms with Crippen molar-refractivity contribution in [1.82, 2.24) is 5.32 Å². The Balaban J connectivity index is 2.22. The molecule has 0 heterocycles. The van der Waals surface area contributed by atoms with Crippen molar-refractivity contribution in [3.05, 3.63) is 29.3 Å². The number of hydrogen-bond donors (Lipinski definition) is 1. The molecule has 1 amide bonds. The molecule has 1 aliphatic rings. The van der Waals surface area contributed by atoms with Crippen molar-refractivity contribution in [3.8, 4) is 0 Å². The van der Waals surface area contributed by atoms with Gasteiger partial charge in [0.15, 0.2) is 0 Å². The van der Waals surface area contributed by atoms with Gasteiger partial charge in [0, 0.05) is 22.8 Å². The molecule has 0 bridgehead atoms. The molecule has 2 rings (SSSR count). The first-order valence-corrected chi connectivity index (χ1v) is 8.79. The number of benzene rings is 1. The summed E-state index contributed by atoms with van der Waals surface area (Å²) >= 11 is 0. The summed E-state index contributed by atoms with van der Waals surface area (Å²) in [5.74, 6) is -2.85. The lowest BCUT2D eigenvalue weighted by Gasteiger charge is -2.08. The van der Waals surface area contributed by atoms with Crippen molar-refractivity contribution in [1.29, 1.82) is 0 Å². The maximum atomic E-state index is 13.6. The first-order valence-electron chi connectivity index (χ1n) is 6.48. The van der Waals surface area contributed by atoms with Gasteiger partial charge >= 0.3 is 0 Å². The van der Waals surface area contributed by atoms with Crippen molar-refractivity contribution < 1.29 is 22.0 Å². The molecule has 1 aromatic carbocycles. The van der Waals surface area contributed by atoms with Gasteiger partial charge in [-0.3, -0.25) is 4.79 Å². The minimum absolute atomic E-state index is 0.0436. The van der Waals surface area contributed by atoms with Crippen molar-refractivity contribution >= 4 is 25.6 Å². The van der Waals surface area contributed by atoms with Crippen LogP contribution in [0.3, 0.4) is 0 Å². The van der Waals surface area contributed by atoms with Gasteiger partial charge in [-0.05, 0) is 24.8 Å². The predicted octanol–water partition coefficient (Wildman–Crippen LogP) is 2.81. The zero-order valence-corrected chi connectivity index (χ0v) is 12.8. The van der Waals surface area contributed by atoms with Crippen LogP contribution in [0.1, 0.15) is 36.5 Å². The van der Waals surface area contributed by atoms with Crippen LogP contribution in [-0.2, 0) is 9.05 Å². The van der Waals surface area contributed by atoms with Gasteiger partial charge in [0.25, 0.3) is 15.0 Å². The molecule has 1 saturated carbocycles. The van der Waals surface area contributed by atoms with Crippen molar-refractivity contribution in [2.24, 2.45) is 5.92 Å². The molecule has 0 aliphatic heterocycles. The van der Waals surface area contributed by atoms with Crippen molar-refractivity contribution in [2.45, 2.75) is 37.1 Å². The number of amides is 1. The molecule has 8 heteroatoms. The van der Waals surface area contributed by atoms with Crippen LogP contribution in [0.2, 0.25) is 0 Å². The number of hydrogen-bond acceptors (Lipinski definition) is 3. The van der Waals surface area contributed by atoms with E-state index in [1.807, 2.05) is 6.92 Å². The highest BCUT2D eigenvalue weighted by atomic mass is 35.7. The van der Waals surface area contributed by atoms with Crippen LogP contribution in [0.4, 0.5) is 8.78 Å². The molecular weight excluding hydrogens is 324 g/mol. The molecule has 21 heavy (non-hydrogen) atoms. The lowest BCUT2D eigenvalue weighted by molar-refractivity contribution is 0.0944. The van der Waals surface area contributed by atoms with Crippen LogP contribution < -0.4 is 5.32 Å². The summed E-state index contributed by atoms with van der Waals surface area (Å²) in [5.41, 5.74) is -0.530. The highest BCUT2D eigenvalue weighted by molar-refractivity contribution is 8.13. The second-order valence-corrected chi connectivity index (χ2v) is 7.60. The van der Waals surface area contributed by atoms with E-state index in [4.69, 9.17) is 10.7 Å². The average molecular weight is 338 g/mol. The van der Waals surface area contributed by atoms with Crippen LogP contribution in [0.25, 0.3) is 0 Å². The lowest BCUT2D eigenvalue weighted by Crippen LogP contribution is -2.28. The normalized spacial score (nSPS) is 21.1. The van der Waals surface area contributed by atoms with E-state index in [2.05, 4.69) is 5.32 Å². The second-order valence-electron chi connectivity index (χ2n) is 5.06. The Kier molecular flexibility index (Phi) is 4.53. The highest BCUT2D eigenvalue weighted by Gasteiger charge is 2.37. The lowest BCUT2D eigenvalue weighted by atomic mass is 10.2. The third-order valence-electron chi connectivity index (χ3n) is 3.43. The van der Waals surface area contributed by atoms with Crippen LogP contribution in [0.15, 0.2) is 17.0 Å². The van der Waals surface area contributed by atoms with Crippen molar-refractivity contribution in [3.63, 3.8) is 0 Å². The topological polar surface area (TPSA) is 63.2 Å². The van der Waals surface area contributed by atoms with E-state index in [-0.39, 0.29) is 6.04 Å². The van der Waals surface area contributed by atoms with E-state index < -0.39 is 37.1 Å². The third-order valence-corrected chi connectivity index (χ3v) is 4.76. The van der Waals surface area contributed by atoms with Gasteiger partial charge in [0.2, 0.25) is 0 Å². The number of nitrogens with one attached hydrogen (secondary N) is 1. The zero-order chi connectivity index (χ0) is 15.8. The van der Waals surface area contributed by atoms with Gasteiger partial charge in [-0.15, -0.1) is 0 Å². The van der Waals surface area contributed by atoms with Gasteiger partial charge in [-0.2, -0.15) is 0 Å². The van der Waals surface area contributed by atoms with Gasteiger partial charge < -0.3 is 5.32 Å². The summed E-state index contributed by atoms with van der Waals surface area (Å²) in [4.78, 5) is 11.0. The molecule has 2 atom stereocenters. The van der Waals surface area contributed by atoms with E-state index in [9.17, 15) is 22.0 Å². The van der Waals surface area contributed by atoms with Crippen molar-refractivity contribution in [2.75, 3.05) is 0 Å². The Labute approximate surface area is 125 Å². The third kappa shape index (κ3) is 3.71. The molecule has 0 aromatic heterocycles. The van der Waals surface area contributed by atoms with Crippen LogP contribution >= 0.6 is 10.7 Å². The fraction of sp³-hybridized carbons (Fsp3) is 0.462. The van der Waals surface area contributed by atoms with Crippen LogP contribution in [-0.4, -0.2) is 20.4 Å². The average Bonchev–Trinajstić information content (AvgIpc) is 3.05. The summed E-state index contributed by atoms with van der Waals surface area (Å²) < 4.78 is 49.4. The van der Waals surface area contributed by atoms with E-state index in [1.165, 1.54) is 0 Å². The molecule has 4 nitrogen and oxygen atoms in total. The summed E-state index contributed by atoms with van der Waals surface area (Å²) in [6, 6.07) is 0.929. The zero-order valence-electron chi connectivity index (χ0n) is 11.2. The summed E-state index contributed by atoms with van der Waals surface area (Å²) in [7, 11) is 0.665. The van der Waals surface area contributed by atoms with Crippen LogP contribution in [0, 0.1) is 17.6 Å². The minimum Gasteiger partial charge on any atom is -0.349 e. The molecule has 1 aromatic rings. The predicted molar refractivity (Wildman–Crippen MR) is 73.7 cm³/mol. The number of carbonyl (C=O) groups excluding carboxylic acids is 1. The largest absolute Gasteiger partial charge is 0.349 e. The maximum Gasteiger partial charge on any atom is 0.264 e. The molecule has 0 saturated heterocycles. The van der Waals surface area contributed by atoms with Gasteiger partial charge in [0.05, 0.1) is 5.56 Å². The molecule has 1 N–H and O–H groups in total. The standard InChI is InChI=1S/C13H14ClF2NO3S/c1-2-3-7-4-11(7)17-13(18)8-5-12(21(14,19)20)10(16)6-9(8)15/h5-7,11H,2-4H2,1H3,(H,17,18). The molecule has 2 unspecified atom stereocenters. The second kappa shape index (κ2) is 5.88. The van der Waals surface area contributed by atoms with Gasteiger partial charge in [-0.25, -0.2) is 17.2 Å². The Bertz CT molecular complexity index is 678. The molecular formula is C13H14ClF2NO3S. The Morgan fingerprint density at radius 1 is 1.38 bits per heavy atom. The molecule has 1 fully saturated rings. The van der Waals surface area contributed by atoms with Gasteiger partial charge in [0.1, 0.15) is 16.5 Å². The van der Waals surface area contributed by atoms with E-state index in [1.54, 1.807) is 0 Å². The first kappa shape index (κ1) is 16.2. The minimum atomic E-state index is -4.39. The molecule has 1 aliphatic carbocycles. The fourth-order valence-electron chi connectivity index (χ4n) is 2.25. The van der Waals surface area contributed by atoms with E-state index >= 15 is 0 Å². The quantitative estimate of drug-likeness (QED) is 0.840. The SMILES string of the molecule is CCCC1CC1NC(=O)c1cc(S(=O)(=O)Cl)c(F)cc1F. The number of rotatable bonds is 5.